The summed E-state index contributed by atoms with van der Waals surface area (Å²) in [6.07, 6.45) is 3.06. The third kappa shape index (κ3) is 1.71. The van der Waals surface area contributed by atoms with E-state index in [1.165, 1.54) is 5.56 Å². The fourth-order valence-electron chi connectivity index (χ4n) is 3.99. The molecule has 4 nitrogen and oxygen atoms in total. The maximum absolute atomic E-state index is 12.4. The van der Waals surface area contributed by atoms with Crippen LogP contribution in [0.3, 0.4) is 0 Å². The van der Waals surface area contributed by atoms with Gasteiger partial charge in [0.15, 0.2) is 5.60 Å². The molecule has 1 N–H and O–H groups in total. The summed E-state index contributed by atoms with van der Waals surface area (Å²) in [5.74, 6) is 0.254. The predicted octanol–water partition coefficient (Wildman–Crippen LogP) is 1.29. The number of rotatable bonds is 3. The van der Waals surface area contributed by atoms with Crippen molar-refractivity contribution in [1.29, 1.82) is 0 Å². The zero-order valence-corrected chi connectivity index (χ0v) is 11.5. The fourth-order valence-corrected chi connectivity index (χ4v) is 3.99. The molecule has 106 valence electrons. The van der Waals surface area contributed by atoms with Crippen molar-refractivity contribution in [1.82, 2.24) is 5.32 Å². The van der Waals surface area contributed by atoms with Gasteiger partial charge in [0.2, 0.25) is 0 Å². The molecule has 1 aliphatic carbocycles. The lowest BCUT2D eigenvalue weighted by Gasteiger charge is -2.35. The zero-order chi connectivity index (χ0) is 13.7. The molecule has 3 aliphatic rings. The first-order chi connectivity index (χ1) is 9.73. The van der Waals surface area contributed by atoms with Crippen LogP contribution in [0, 0.1) is 5.92 Å². The van der Waals surface area contributed by atoms with Crippen molar-refractivity contribution in [2.24, 2.45) is 5.92 Å². The molecule has 1 aromatic carbocycles. The van der Waals surface area contributed by atoms with Crippen LogP contribution in [0.25, 0.3) is 0 Å². The third-order valence-corrected chi connectivity index (χ3v) is 5.13. The summed E-state index contributed by atoms with van der Waals surface area (Å²) < 4.78 is 11.3. The second-order valence-corrected chi connectivity index (χ2v) is 6.12. The van der Waals surface area contributed by atoms with Crippen molar-refractivity contribution in [2.75, 3.05) is 7.11 Å². The molecule has 5 unspecified atom stereocenters. The average molecular weight is 273 g/mol. The highest BCUT2D eigenvalue weighted by molar-refractivity contribution is 5.89. The van der Waals surface area contributed by atoms with Crippen LogP contribution in [-0.4, -0.2) is 36.9 Å². The van der Waals surface area contributed by atoms with E-state index in [1.54, 1.807) is 7.11 Å². The minimum Gasteiger partial charge on any atom is -0.369 e. The molecule has 4 heteroatoms. The number of nitrogens with one attached hydrogen (secondary N) is 1. The van der Waals surface area contributed by atoms with Crippen LogP contribution in [-0.2, 0) is 20.7 Å². The van der Waals surface area contributed by atoms with Gasteiger partial charge in [-0.15, -0.1) is 0 Å². The summed E-state index contributed by atoms with van der Waals surface area (Å²) in [7, 11) is 1.65. The summed E-state index contributed by atoms with van der Waals surface area (Å²) in [6.45, 7) is 0. The number of fused-ring (bicyclic) bond motifs is 2. The monoisotopic (exact) mass is 273 g/mol. The summed E-state index contributed by atoms with van der Waals surface area (Å²) in [4.78, 5) is 12.4. The highest BCUT2D eigenvalue weighted by atomic mass is 16.6. The highest BCUT2D eigenvalue weighted by Gasteiger charge is 2.64. The van der Waals surface area contributed by atoms with Gasteiger partial charge in [0, 0.05) is 25.5 Å². The number of epoxide rings is 1. The van der Waals surface area contributed by atoms with Gasteiger partial charge in [-0.1, -0.05) is 30.3 Å². The second-order valence-electron chi connectivity index (χ2n) is 6.12. The standard InChI is InChI=1S/C16H19NO3/c1-19-16-9-14-13(20-14)8-11(16)12(17-15(16)18)7-10-5-3-2-4-6-10/h2-6,11-14H,7-9H2,1H3,(H,17,18). The van der Waals surface area contributed by atoms with Gasteiger partial charge in [0.25, 0.3) is 5.91 Å². The maximum atomic E-state index is 12.4. The first-order valence-corrected chi connectivity index (χ1v) is 7.28. The Morgan fingerprint density at radius 1 is 1.35 bits per heavy atom. The Bertz CT molecular complexity index is 532. The number of hydrogen-bond donors (Lipinski definition) is 1. The molecule has 1 amide bonds. The van der Waals surface area contributed by atoms with E-state index < -0.39 is 5.60 Å². The topological polar surface area (TPSA) is 50.9 Å². The molecule has 2 saturated heterocycles. The van der Waals surface area contributed by atoms with Crippen LogP contribution in [0.15, 0.2) is 30.3 Å². The minimum absolute atomic E-state index is 0.0416. The molecule has 0 aromatic heterocycles. The van der Waals surface area contributed by atoms with E-state index in [0.29, 0.717) is 12.5 Å². The lowest BCUT2D eigenvalue weighted by molar-refractivity contribution is -0.145. The molecule has 3 fully saturated rings. The van der Waals surface area contributed by atoms with E-state index >= 15 is 0 Å². The number of methoxy groups -OCH3 is 1. The van der Waals surface area contributed by atoms with Gasteiger partial charge < -0.3 is 14.8 Å². The second kappa shape index (κ2) is 4.30. The molecule has 0 radical (unpaired) electrons. The van der Waals surface area contributed by atoms with Gasteiger partial charge in [0.1, 0.15) is 0 Å². The van der Waals surface area contributed by atoms with Crippen molar-refractivity contribution in [3.05, 3.63) is 35.9 Å². The Kier molecular flexibility index (Phi) is 2.66. The number of carbonyl (C=O) groups is 1. The number of benzene rings is 1. The van der Waals surface area contributed by atoms with Gasteiger partial charge in [-0.2, -0.15) is 0 Å². The van der Waals surface area contributed by atoms with Crippen molar-refractivity contribution in [3.8, 4) is 0 Å². The summed E-state index contributed by atoms with van der Waals surface area (Å²) >= 11 is 0. The highest BCUT2D eigenvalue weighted by Crippen LogP contribution is 2.50. The number of ether oxygens (including phenoxy) is 2. The molecule has 5 atom stereocenters. The van der Waals surface area contributed by atoms with E-state index in [2.05, 4.69) is 17.4 Å². The Morgan fingerprint density at radius 3 is 2.90 bits per heavy atom. The van der Waals surface area contributed by atoms with Gasteiger partial charge in [-0.05, 0) is 18.4 Å². The van der Waals surface area contributed by atoms with Crippen LogP contribution in [0.2, 0.25) is 0 Å². The summed E-state index contributed by atoms with van der Waals surface area (Å²) in [5.41, 5.74) is 0.584. The van der Waals surface area contributed by atoms with Gasteiger partial charge in [-0.25, -0.2) is 0 Å². The summed E-state index contributed by atoms with van der Waals surface area (Å²) in [5, 5.41) is 3.16. The quantitative estimate of drug-likeness (QED) is 0.844. The van der Waals surface area contributed by atoms with E-state index in [1.807, 2.05) is 18.2 Å². The summed E-state index contributed by atoms with van der Waals surface area (Å²) in [6, 6.07) is 10.5. The van der Waals surface area contributed by atoms with E-state index in [0.717, 1.165) is 12.8 Å². The molecule has 0 spiro atoms. The van der Waals surface area contributed by atoms with Gasteiger partial charge >= 0.3 is 0 Å². The van der Waals surface area contributed by atoms with Crippen LogP contribution in [0.1, 0.15) is 18.4 Å². The minimum atomic E-state index is -0.670. The van der Waals surface area contributed by atoms with E-state index in [-0.39, 0.29) is 24.0 Å². The molecular formula is C16H19NO3. The molecule has 20 heavy (non-hydrogen) atoms. The Hall–Kier alpha value is -1.39. The maximum Gasteiger partial charge on any atom is 0.252 e. The van der Waals surface area contributed by atoms with Crippen molar-refractivity contribution in [2.45, 2.75) is 43.1 Å². The van der Waals surface area contributed by atoms with E-state index in [9.17, 15) is 4.79 Å². The number of carbonyl (C=O) groups excluding carboxylic acids is 1. The Labute approximate surface area is 118 Å². The third-order valence-electron chi connectivity index (χ3n) is 5.13. The van der Waals surface area contributed by atoms with Crippen LogP contribution >= 0.6 is 0 Å². The molecule has 1 aromatic rings. The Morgan fingerprint density at radius 2 is 2.15 bits per heavy atom. The Balaban J connectivity index is 1.60. The van der Waals surface area contributed by atoms with Crippen LogP contribution in [0.5, 0.6) is 0 Å². The van der Waals surface area contributed by atoms with Crippen LogP contribution < -0.4 is 5.32 Å². The molecule has 1 saturated carbocycles. The fraction of sp³-hybridized carbons (Fsp3) is 0.562. The van der Waals surface area contributed by atoms with Crippen molar-refractivity contribution < 1.29 is 14.3 Å². The lowest BCUT2D eigenvalue weighted by atomic mass is 9.73. The number of hydrogen-bond acceptors (Lipinski definition) is 3. The largest absolute Gasteiger partial charge is 0.369 e. The molecule has 2 aliphatic heterocycles. The zero-order valence-electron chi connectivity index (χ0n) is 11.5. The van der Waals surface area contributed by atoms with Crippen molar-refractivity contribution in [3.63, 3.8) is 0 Å². The predicted molar refractivity (Wildman–Crippen MR) is 73.2 cm³/mol. The molecular weight excluding hydrogens is 254 g/mol. The molecule has 2 heterocycles. The van der Waals surface area contributed by atoms with Gasteiger partial charge in [0.05, 0.1) is 12.2 Å². The normalized spacial score (nSPS) is 41.8. The molecule has 0 bridgehead atoms. The first kappa shape index (κ1) is 12.4. The number of amides is 1. The average Bonchev–Trinajstić information content (AvgIpc) is 3.18. The first-order valence-electron chi connectivity index (χ1n) is 7.28. The smallest absolute Gasteiger partial charge is 0.252 e. The lowest BCUT2D eigenvalue weighted by Crippen LogP contribution is -2.49. The van der Waals surface area contributed by atoms with Crippen LogP contribution in [0.4, 0.5) is 0 Å². The molecule has 4 rings (SSSR count). The van der Waals surface area contributed by atoms with Gasteiger partial charge in [-0.3, -0.25) is 4.79 Å². The SMILES string of the molecule is COC12CC3OC3CC1C(Cc1ccccc1)NC2=O. The van der Waals surface area contributed by atoms with Crippen molar-refractivity contribution >= 4 is 5.91 Å². The van der Waals surface area contributed by atoms with E-state index in [4.69, 9.17) is 9.47 Å².